The minimum Gasteiger partial charge on any atom is -0.491 e. The third-order valence-electron chi connectivity index (χ3n) is 3.00. The predicted octanol–water partition coefficient (Wildman–Crippen LogP) is 5.10. The molecular weight excluding hydrogens is 293 g/mol. The van der Waals surface area contributed by atoms with E-state index in [1.165, 1.54) is 0 Å². The average Bonchev–Trinajstić information content (AvgIpc) is 2.40. The van der Waals surface area contributed by atoms with E-state index in [0.717, 1.165) is 32.6 Å². The molecule has 106 valence electrons. The van der Waals surface area contributed by atoms with Crippen molar-refractivity contribution >= 4 is 28.9 Å². The Morgan fingerprint density at radius 3 is 2.50 bits per heavy atom. The molecule has 0 radical (unpaired) electrons. The minimum atomic E-state index is 0.577. The molecule has 0 amide bonds. The third kappa shape index (κ3) is 4.06. The van der Waals surface area contributed by atoms with Gasteiger partial charge in [-0.3, -0.25) is 0 Å². The highest BCUT2D eigenvalue weighted by molar-refractivity contribution is 6.31. The number of aryl methyl sites for hydroxylation is 2. The summed E-state index contributed by atoms with van der Waals surface area (Å²) in [4.78, 5) is 0. The van der Waals surface area contributed by atoms with Crippen molar-refractivity contribution in [2.24, 2.45) is 0 Å². The molecule has 2 rings (SSSR count). The van der Waals surface area contributed by atoms with Crippen molar-refractivity contribution < 1.29 is 4.74 Å². The van der Waals surface area contributed by atoms with Gasteiger partial charge in [0.25, 0.3) is 0 Å². The Labute approximate surface area is 129 Å². The van der Waals surface area contributed by atoms with E-state index in [4.69, 9.17) is 27.9 Å². The van der Waals surface area contributed by atoms with Crippen molar-refractivity contribution in [1.82, 2.24) is 0 Å². The minimum absolute atomic E-state index is 0.577. The predicted molar refractivity (Wildman–Crippen MR) is 86.4 cm³/mol. The molecular formula is C16H17Cl2NO. The van der Waals surface area contributed by atoms with E-state index < -0.39 is 0 Å². The number of anilines is 1. The highest BCUT2D eigenvalue weighted by atomic mass is 35.5. The molecule has 2 aromatic carbocycles. The van der Waals surface area contributed by atoms with Crippen LogP contribution in [0.2, 0.25) is 10.0 Å². The van der Waals surface area contributed by atoms with E-state index in [0.29, 0.717) is 13.2 Å². The van der Waals surface area contributed by atoms with Crippen LogP contribution in [0.25, 0.3) is 0 Å². The van der Waals surface area contributed by atoms with Gasteiger partial charge in [-0.1, -0.05) is 29.3 Å². The second-order valence-corrected chi connectivity index (χ2v) is 5.49. The first kappa shape index (κ1) is 15.0. The van der Waals surface area contributed by atoms with Gasteiger partial charge in [-0.25, -0.2) is 0 Å². The lowest BCUT2D eigenvalue weighted by molar-refractivity contribution is 0.330. The molecule has 2 nitrogen and oxygen atoms in total. The van der Waals surface area contributed by atoms with E-state index in [9.17, 15) is 0 Å². The van der Waals surface area contributed by atoms with Crippen LogP contribution >= 0.6 is 23.2 Å². The Kier molecular flexibility index (Phi) is 5.16. The molecule has 0 unspecified atom stereocenters. The van der Waals surface area contributed by atoms with E-state index >= 15 is 0 Å². The first-order chi connectivity index (χ1) is 9.56. The molecule has 1 N–H and O–H groups in total. The van der Waals surface area contributed by atoms with Gasteiger partial charge in [0.15, 0.2) is 0 Å². The lowest BCUT2D eigenvalue weighted by Crippen LogP contribution is -2.11. The van der Waals surface area contributed by atoms with Gasteiger partial charge in [-0.15, -0.1) is 0 Å². The number of ether oxygens (including phenoxy) is 1. The topological polar surface area (TPSA) is 21.3 Å². The lowest BCUT2D eigenvalue weighted by atomic mass is 10.2. The van der Waals surface area contributed by atoms with Crippen LogP contribution in [0.15, 0.2) is 36.4 Å². The zero-order valence-corrected chi connectivity index (χ0v) is 13.1. The molecule has 0 saturated heterocycles. The van der Waals surface area contributed by atoms with Gasteiger partial charge in [-0.05, 0) is 55.3 Å². The number of hydrogen-bond donors (Lipinski definition) is 1. The molecule has 20 heavy (non-hydrogen) atoms. The lowest BCUT2D eigenvalue weighted by Gasteiger charge is -2.11. The van der Waals surface area contributed by atoms with Crippen molar-refractivity contribution in [1.29, 1.82) is 0 Å². The van der Waals surface area contributed by atoms with E-state index in [2.05, 4.69) is 5.32 Å². The summed E-state index contributed by atoms with van der Waals surface area (Å²) in [6.45, 7) is 5.25. The number of nitrogens with one attached hydrogen (secondary N) is 1. The van der Waals surface area contributed by atoms with E-state index in [-0.39, 0.29) is 0 Å². The summed E-state index contributed by atoms with van der Waals surface area (Å²) in [6, 6.07) is 11.5. The number of benzene rings is 2. The molecule has 0 aromatic heterocycles. The van der Waals surface area contributed by atoms with Crippen LogP contribution in [0, 0.1) is 13.8 Å². The quantitative estimate of drug-likeness (QED) is 0.776. The van der Waals surface area contributed by atoms with Crippen LogP contribution in [-0.2, 0) is 0 Å². The van der Waals surface area contributed by atoms with Crippen LogP contribution in [-0.4, -0.2) is 13.2 Å². The Balaban J connectivity index is 1.82. The fraction of sp³-hybridized carbons (Fsp3) is 0.250. The van der Waals surface area contributed by atoms with E-state index in [1.54, 1.807) is 0 Å². The highest BCUT2D eigenvalue weighted by Gasteiger charge is 2.01. The largest absolute Gasteiger partial charge is 0.491 e. The van der Waals surface area contributed by atoms with Gasteiger partial charge < -0.3 is 10.1 Å². The zero-order chi connectivity index (χ0) is 14.5. The Hall–Kier alpha value is -1.38. The molecule has 0 atom stereocenters. The molecule has 0 aliphatic heterocycles. The molecule has 0 heterocycles. The molecule has 0 aliphatic rings. The Bertz CT molecular complexity index is 599. The monoisotopic (exact) mass is 309 g/mol. The van der Waals surface area contributed by atoms with Gasteiger partial charge >= 0.3 is 0 Å². The Morgan fingerprint density at radius 2 is 1.80 bits per heavy atom. The summed E-state index contributed by atoms with van der Waals surface area (Å²) in [7, 11) is 0. The second kappa shape index (κ2) is 6.87. The van der Waals surface area contributed by atoms with Crippen molar-refractivity contribution in [3.63, 3.8) is 0 Å². The van der Waals surface area contributed by atoms with Crippen molar-refractivity contribution in [3.8, 4) is 5.75 Å². The maximum Gasteiger partial charge on any atom is 0.122 e. The standard InChI is InChI=1S/C16H17Cl2NO/c1-11-3-5-14(10-15(11)18)19-7-8-20-16-6-4-13(17)9-12(16)2/h3-6,9-10,19H,7-8H2,1-2H3. The van der Waals surface area contributed by atoms with E-state index in [1.807, 2.05) is 50.2 Å². The van der Waals surface area contributed by atoms with Gasteiger partial charge in [-0.2, -0.15) is 0 Å². The maximum atomic E-state index is 6.07. The summed E-state index contributed by atoms with van der Waals surface area (Å²) >= 11 is 12.0. The fourth-order valence-electron chi connectivity index (χ4n) is 1.83. The van der Waals surface area contributed by atoms with Crippen LogP contribution < -0.4 is 10.1 Å². The number of hydrogen-bond acceptors (Lipinski definition) is 2. The summed E-state index contributed by atoms with van der Waals surface area (Å²) in [5.41, 5.74) is 3.11. The van der Waals surface area contributed by atoms with Crippen LogP contribution in [0.4, 0.5) is 5.69 Å². The first-order valence-electron chi connectivity index (χ1n) is 6.45. The third-order valence-corrected chi connectivity index (χ3v) is 3.64. The average molecular weight is 310 g/mol. The summed E-state index contributed by atoms with van der Waals surface area (Å²) in [6.07, 6.45) is 0. The molecule has 0 fully saturated rings. The molecule has 2 aromatic rings. The molecule has 4 heteroatoms. The number of halogens is 2. The molecule has 0 saturated carbocycles. The summed E-state index contributed by atoms with van der Waals surface area (Å²) in [5.74, 6) is 0.859. The molecule has 0 bridgehead atoms. The SMILES string of the molecule is Cc1ccc(NCCOc2ccc(Cl)cc2C)cc1Cl. The van der Waals surface area contributed by atoms with Gasteiger partial charge in [0.2, 0.25) is 0 Å². The van der Waals surface area contributed by atoms with Gasteiger partial charge in [0, 0.05) is 22.3 Å². The molecule has 0 aliphatic carbocycles. The normalized spacial score (nSPS) is 10.4. The maximum absolute atomic E-state index is 6.07. The van der Waals surface area contributed by atoms with Crippen molar-refractivity contribution in [2.45, 2.75) is 13.8 Å². The van der Waals surface area contributed by atoms with Crippen LogP contribution in [0.1, 0.15) is 11.1 Å². The Morgan fingerprint density at radius 1 is 1.00 bits per heavy atom. The summed E-state index contributed by atoms with van der Waals surface area (Å²) in [5, 5.41) is 4.77. The highest BCUT2D eigenvalue weighted by Crippen LogP contribution is 2.22. The zero-order valence-electron chi connectivity index (χ0n) is 11.5. The molecule has 0 spiro atoms. The van der Waals surface area contributed by atoms with Crippen molar-refractivity contribution in [3.05, 3.63) is 57.6 Å². The van der Waals surface area contributed by atoms with Crippen LogP contribution in [0.5, 0.6) is 5.75 Å². The summed E-state index contributed by atoms with van der Waals surface area (Å²) < 4.78 is 5.71. The second-order valence-electron chi connectivity index (χ2n) is 4.65. The first-order valence-corrected chi connectivity index (χ1v) is 7.21. The van der Waals surface area contributed by atoms with Gasteiger partial charge in [0.05, 0.1) is 0 Å². The van der Waals surface area contributed by atoms with Crippen molar-refractivity contribution in [2.75, 3.05) is 18.5 Å². The van der Waals surface area contributed by atoms with Gasteiger partial charge in [0.1, 0.15) is 12.4 Å². The van der Waals surface area contributed by atoms with Crippen LogP contribution in [0.3, 0.4) is 0 Å². The number of rotatable bonds is 5. The fourth-order valence-corrected chi connectivity index (χ4v) is 2.24. The smallest absolute Gasteiger partial charge is 0.122 e.